The van der Waals surface area contributed by atoms with E-state index >= 15 is 0 Å². The molecule has 0 aliphatic rings. The molecule has 0 fully saturated rings. The summed E-state index contributed by atoms with van der Waals surface area (Å²) in [7, 11) is 0. The second kappa shape index (κ2) is 6.67. The standard InChI is InChI=1S/C11H13Cl3O2/c1-3-15-11(16-4-2)10-8(13)5-7(12)6-9(10)14/h5-6,11H,3-4H2,1-2H3. The fourth-order valence-corrected chi connectivity index (χ4v) is 2.29. The molecule has 0 atom stereocenters. The predicted molar refractivity (Wildman–Crippen MR) is 67.5 cm³/mol. The summed E-state index contributed by atoms with van der Waals surface area (Å²) in [6.45, 7) is 4.79. The number of halogens is 3. The van der Waals surface area contributed by atoms with Crippen LogP contribution in [0.25, 0.3) is 0 Å². The third kappa shape index (κ3) is 3.51. The van der Waals surface area contributed by atoms with Gasteiger partial charge in [0, 0.05) is 23.8 Å². The Bertz CT molecular complexity index is 326. The second-order valence-electron chi connectivity index (χ2n) is 3.03. The van der Waals surface area contributed by atoms with Gasteiger partial charge in [0.25, 0.3) is 0 Å². The van der Waals surface area contributed by atoms with Gasteiger partial charge >= 0.3 is 0 Å². The Morgan fingerprint density at radius 3 is 1.81 bits per heavy atom. The Labute approximate surface area is 110 Å². The van der Waals surface area contributed by atoms with Gasteiger partial charge in [0.1, 0.15) is 0 Å². The number of benzene rings is 1. The van der Waals surface area contributed by atoms with Crippen molar-refractivity contribution < 1.29 is 9.47 Å². The fourth-order valence-electron chi connectivity index (χ4n) is 1.30. The van der Waals surface area contributed by atoms with E-state index in [4.69, 9.17) is 44.3 Å². The molecule has 0 aliphatic carbocycles. The average Bonchev–Trinajstić information content (AvgIpc) is 2.16. The quantitative estimate of drug-likeness (QED) is 0.728. The summed E-state index contributed by atoms with van der Waals surface area (Å²) >= 11 is 18.0. The molecule has 0 radical (unpaired) electrons. The van der Waals surface area contributed by atoms with Crippen LogP contribution in [0.2, 0.25) is 15.1 Å². The Kier molecular flexibility index (Phi) is 5.87. The molecule has 1 aromatic carbocycles. The van der Waals surface area contributed by atoms with Gasteiger partial charge in [0.2, 0.25) is 0 Å². The lowest BCUT2D eigenvalue weighted by atomic mass is 10.2. The van der Waals surface area contributed by atoms with Crippen LogP contribution < -0.4 is 0 Å². The molecule has 5 heteroatoms. The Morgan fingerprint density at radius 2 is 1.44 bits per heavy atom. The minimum Gasteiger partial charge on any atom is -0.349 e. The molecule has 1 aromatic rings. The van der Waals surface area contributed by atoms with Crippen LogP contribution in [0.3, 0.4) is 0 Å². The second-order valence-corrected chi connectivity index (χ2v) is 4.28. The summed E-state index contributed by atoms with van der Waals surface area (Å²) in [5, 5.41) is 1.39. The monoisotopic (exact) mass is 282 g/mol. The highest BCUT2D eigenvalue weighted by atomic mass is 35.5. The fraction of sp³-hybridized carbons (Fsp3) is 0.455. The highest BCUT2D eigenvalue weighted by molar-refractivity contribution is 6.39. The van der Waals surface area contributed by atoms with Gasteiger partial charge in [-0.1, -0.05) is 34.8 Å². The smallest absolute Gasteiger partial charge is 0.186 e. The molecule has 0 spiro atoms. The van der Waals surface area contributed by atoms with E-state index < -0.39 is 6.29 Å². The van der Waals surface area contributed by atoms with Gasteiger partial charge in [-0.2, -0.15) is 0 Å². The third-order valence-corrected chi connectivity index (χ3v) is 2.76. The SMILES string of the molecule is CCOC(OCC)c1c(Cl)cc(Cl)cc1Cl. The first kappa shape index (κ1) is 14.1. The van der Waals surface area contributed by atoms with Crippen LogP contribution in [0.5, 0.6) is 0 Å². The van der Waals surface area contributed by atoms with Crippen molar-refractivity contribution >= 4 is 34.8 Å². The van der Waals surface area contributed by atoms with Crippen molar-refractivity contribution in [2.75, 3.05) is 13.2 Å². The average molecular weight is 284 g/mol. The summed E-state index contributed by atoms with van der Waals surface area (Å²) in [5.74, 6) is 0. The van der Waals surface area contributed by atoms with Gasteiger partial charge in [-0.25, -0.2) is 0 Å². The maximum Gasteiger partial charge on any atom is 0.186 e. The van der Waals surface area contributed by atoms with Crippen molar-refractivity contribution in [1.82, 2.24) is 0 Å². The molecular weight excluding hydrogens is 270 g/mol. The third-order valence-electron chi connectivity index (χ3n) is 1.92. The number of hydrogen-bond donors (Lipinski definition) is 0. The Hall–Kier alpha value is 0.01000. The molecule has 0 amide bonds. The molecule has 0 N–H and O–H groups in total. The maximum absolute atomic E-state index is 6.07. The molecule has 0 heterocycles. The van der Waals surface area contributed by atoms with Crippen molar-refractivity contribution in [3.8, 4) is 0 Å². The highest BCUT2D eigenvalue weighted by Crippen LogP contribution is 2.35. The van der Waals surface area contributed by atoms with Crippen LogP contribution in [0.1, 0.15) is 25.7 Å². The largest absolute Gasteiger partial charge is 0.349 e. The normalized spacial score (nSPS) is 11.1. The molecule has 16 heavy (non-hydrogen) atoms. The number of ether oxygens (including phenoxy) is 2. The summed E-state index contributed by atoms with van der Waals surface area (Å²) in [6.07, 6.45) is -0.549. The molecular formula is C11H13Cl3O2. The van der Waals surface area contributed by atoms with E-state index in [1.165, 1.54) is 0 Å². The van der Waals surface area contributed by atoms with Crippen LogP contribution in [-0.2, 0) is 9.47 Å². The molecule has 1 rings (SSSR count). The van der Waals surface area contributed by atoms with Crippen molar-refractivity contribution in [2.24, 2.45) is 0 Å². The van der Waals surface area contributed by atoms with Gasteiger partial charge in [0.05, 0.1) is 10.0 Å². The van der Waals surface area contributed by atoms with E-state index in [-0.39, 0.29) is 0 Å². The maximum atomic E-state index is 6.07. The lowest BCUT2D eigenvalue weighted by molar-refractivity contribution is -0.140. The highest BCUT2D eigenvalue weighted by Gasteiger charge is 2.19. The summed E-state index contributed by atoms with van der Waals surface area (Å²) in [4.78, 5) is 0. The zero-order chi connectivity index (χ0) is 12.1. The molecule has 0 unspecified atom stereocenters. The van der Waals surface area contributed by atoms with E-state index in [1.54, 1.807) is 12.1 Å². The molecule has 90 valence electrons. The van der Waals surface area contributed by atoms with Gasteiger partial charge < -0.3 is 9.47 Å². The number of hydrogen-bond acceptors (Lipinski definition) is 2. The van der Waals surface area contributed by atoms with E-state index in [9.17, 15) is 0 Å². The molecule has 0 saturated heterocycles. The van der Waals surface area contributed by atoms with Crippen LogP contribution >= 0.6 is 34.8 Å². The van der Waals surface area contributed by atoms with Crippen LogP contribution in [0, 0.1) is 0 Å². The predicted octanol–water partition coefficient (Wildman–Crippen LogP) is 4.72. The van der Waals surface area contributed by atoms with E-state index in [2.05, 4.69) is 0 Å². The van der Waals surface area contributed by atoms with Crippen molar-refractivity contribution in [1.29, 1.82) is 0 Å². The van der Waals surface area contributed by atoms with Gasteiger partial charge in [-0.15, -0.1) is 0 Å². The minimum atomic E-state index is -0.549. The lowest BCUT2D eigenvalue weighted by Gasteiger charge is -2.19. The van der Waals surface area contributed by atoms with Crippen molar-refractivity contribution in [3.63, 3.8) is 0 Å². The van der Waals surface area contributed by atoms with Crippen LogP contribution in [0.4, 0.5) is 0 Å². The van der Waals surface area contributed by atoms with E-state index in [0.29, 0.717) is 33.8 Å². The Balaban J connectivity index is 3.07. The lowest BCUT2D eigenvalue weighted by Crippen LogP contribution is -2.10. The molecule has 0 bridgehead atoms. The van der Waals surface area contributed by atoms with Crippen LogP contribution in [-0.4, -0.2) is 13.2 Å². The van der Waals surface area contributed by atoms with Gasteiger partial charge in [0.15, 0.2) is 6.29 Å². The molecule has 2 nitrogen and oxygen atoms in total. The van der Waals surface area contributed by atoms with Crippen molar-refractivity contribution in [2.45, 2.75) is 20.1 Å². The summed E-state index contributed by atoms with van der Waals surface area (Å²) in [5.41, 5.74) is 0.622. The van der Waals surface area contributed by atoms with Gasteiger partial charge in [-0.3, -0.25) is 0 Å². The first-order valence-electron chi connectivity index (χ1n) is 4.97. The first-order chi connectivity index (χ1) is 7.60. The molecule has 0 aliphatic heterocycles. The Morgan fingerprint density at radius 1 is 1.00 bits per heavy atom. The van der Waals surface area contributed by atoms with Crippen molar-refractivity contribution in [3.05, 3.63) is 32.8 Å². The molecule has 0 saturated carbocycles. The topological polar surface area (TPSA) is 18.5 Å². The zero-order valence-electron chi connectivity index (χ0n) is 9.10. The minimum absolute atomic E-state index is 0.449. The summed E-state index contributed by atoms with van der Waals surface area (Å²) in [6, 6.07) is 3.24. The zero-order valence-corrected chi connectivity index (χ0v) is 11.4. The van der Waals surface area contributed by atoms with Crippen LogP contribution in [0.15, 0.2) is 12.1 Å². The summed E-state index contributed by atoms with van der Waals surface area (Å²) < 4.78 is 10.9. The first-order valence-corrected chi connectivity index (χ1v) is 6.11. The van der Waals surface area contributed by atoms with E-state index in [0.717, 1.165) is 0 Å². The van der Waals surface area contributed by atoms with E-state index in [1.807, 2.05) is 13.8 Å². The van der Waals surface area contributed by atoms with Gasteiger partial charge in [-0.05, 0) is 26.0 Å². The molecule has 0 aromatic heterocycles. The number of rotatable bonds is 5.